The van der Waals surface area contributed by atoms with Crippen molar-refractivity contribution >= 4 is 6.08 Å². The number of furan rings is 1. The van der Waals surface area contributed by atoms with Crippen molar-refractivity contribution in [3.05, 3.63) is 30.2 Å². The molecule has 3 nitrogen and oxygen atoms in total. The average molecular weight is 237 g/mol. The first-order chi connectivity index (χ1) is 8.01. The van der Waals surface area contributed by atoms with Gasteiger partial charge >= 0.3 is 0 Å². The monoisotopic (exact) mass is 237 g/mol. The van der Waals surface area contributed by atoms with Gasteiger partial charge in [0, 0.05) is 12.6 Å². The summed E-state index contributed by atoms with van der Waals surface area (Å²) in [4.78, 5) is 0. The second-order valence-electron chi connectivity index (χ2n) is 5.47. The molecule has 0 spiro atoms. The van der Waals surface area contributed by atoms with Gasteiger partial charge in [0.1, 0.15) is 5.76 Å². The molecule has 0 saturated heterocycles. The molecule has 1 unspecified atom stereocenters. The quantitative estimate of drug-likeness (QED) is 0.799. The highest BCUT2D eigenvalue weighted by Gasteiger charge is 2.16. The normalized spacial score (nSPS) is 14.4. The van der Waals surface area contributed by atoms with Crippen LogP contribution in [0.2, 0.25) is 0 Å². The molecule has 0 aliphatic carbocycles. The number of nitrogens with one attached hydrogen (secondary N) is 1. The molecule has 96 valence electrons. The molecular formula is C14H23NO2. The lowest BCUT2D eigenvalue weighted by molar-refractivity contribution is 0.202. The smallest absolute Gasteiger partial charge is 0.126 e. The van der Waals surface area contributed by atoms with Crippen molar-refractivity contribution in [2.45, 2.75) is 33.2 Å². The summed E-state index contributed by atoms with van der Waals surface area (Å²) < 4.78 is 5.18. The first-order valence-electron chi connectivity index (χ1n) is 6.05. The van der Waals surface area contributed by atoms with Crippen LogP contribution in [0, 0.1) is 5.41 Å². The van der Waals surface area contributed by atoms with E-state index in [0.29, 0.717) is 0 Å². The molecule has 1 aromatic rings. The highest BCUT2D eigenvalue weighted by atomic mass is 16.3. The van der Waals surface area contributed by atoms with Crippen LogP contribution in [0.15, 0.2) is 28.9 Å². The Morgan fingerprint density at radius 3 is 2.76 bits per heavy atom. The zero-order chi connectivity index (χ0) is 12.7. The summed E-state index contributed by atoms with van der Waals surface area (Å²) in [6.45, 7) is 7.44. The van der Waals surface area contributed by atoms with Crippen LogP contribution >= 0.6 is 0 Å². The van der Waals surface area contributed by atoms with Gasteiger partial charge in [-0.2, -0.15) is 0 Å². The predicted molar refractivity (Wildman–Crippen MR) is 70.7 cm³/mol. The summed E-state index contributed by atoms with van der Waals surface area (Å²) in [7, 11) is 0. The van der Waals surface area contributed by atoms with E-state index in [1.807, 2.05) is 24.3 Å². The fraction of sp³-hybridized carbons (Fsp3) is 0.571. The Morgan fingerprint density at radius 1 is 1.47 bits per heavy atom. The predicted octanol–water partition coefficient (Wildman–Crippen LogP) is 2.68. The van der Waals surface area contributed by atoms with Crippen molar-refractivity contribution in [1.29, 1.82) is 0 Å². The van der Waals surface area contributed by atoms with Crippen molar-refractivity contribution in [1.82, 2.24) is 5.32 Å². The fourth-order valence-corrected chi connectivity index (χ4v) is 1.74. The van der Waals surface area contributed by atoms with Gasteiger partial charge in [-0.3, -0.25) is 0 Å². The minimum atomic E-state index is 0.149. The minimum Gasteiger partial charge on any atom is -0.465 e. The first kappa shape index (κ1) is 14.0. The van der Waals surface area contributed by atoms with Gasteiger partial charge in [-0.15, -0.1) is 0 Å². The van der Waals surface area contributed by atoms with Crippen LogP contribution in [0.5, 0.6) is 0 Å². The topological polar surface area (TPSA) is 45.4 Å². The molecule has 0 amide bonds. The van der Waals surface area contributed by atoms with Gasteiger partial charge in [0.05, 0.1) is 12.9 Å². The van der Waals surface area contributed by atoms with Gasteiger partial charge in [-0.05, 0) is 30.0 Å². The maximum atomic E-state index is 9.27. The Hall–Kier alpha value is -1.06. The Labute approximate surface area is 104 Å². The van der Waals surface area contributed by atoms with Crippen LogP contribution in [0.1, 0.15) is 33.0 Å². The number of rotatable bonds is 6. The molecule has 17 heavy (non-hydrogen) atoms. The summed E-state index contributed by atoms with van der Waals surface area (Å²) in [5.41, 5.74) is 0.227. The molecular weight excluding hydrogens is 214 g/mol. The molecule has 2 N–H and O–H groups in total. The van der Waals surface area contributed by atoms with Crippen LogP contribution in [-0.2, 0) is 0 Å². The molecule has 0 aliphatic heterocycles. The highest BCUT2D eigenvalue weighted by Crippen LogP contribution is 2.20. The third-order valence-corrected chi connectivity index (χ3v) is 2.43. The molecule has 0 radical (unpaired) electrons. The molecule has 1 heterocycles. The van der Waals surface area contributed by atoms with Crippen molar-refractivity contribution in [3.8, 4) is 0 Å². The Kier molecular flexibility index (Phi) is 5.45. The molecule has 1 aromatic heterocycles. The molecule has 0 aliphatic rings. The Morgan fingerprint density at radius 2 is 2.24 bits per heavy atom. The first-order valence-corrected chi connectivity index (χ1v) is 6.05. The second-order valence-corrected chi connectivity index (χ2v) is 5.47. The second kappa shape index (κ2) is 6.62. The zero-order valence-electron chi connectivity index (χ0n) is 10.9. The number of aliphatic hydroxyl groups is 1. The van der Waals surface area contributed by atoms with Gasteiger partial charge in [-0.1, -0.05) is 26.8 Å². The highest BCUT2D eigenvalue weighted by molar-refractivity contribution is 5.42. The lowest BCUT2D eigenvalue weighted by Crippen LogP contribution is -2.36. The van der Waals surface area contributed by atoms with Gasteiger partial charge in [-0.25, -0.2) is 0 Å². The van der Waals surface area contributed by atoms with E-state index in [9.17, 15) is 5.11 Å². The molecule has 1 atom stereocenters. The molecule has 0 aromatic carbocycles. The lowest BCUT2D eigenvalue weighted by Gasteiger charge is -2.25. The Balaban J connectivity index is 2.28. The van der Waals surface area contributed by atoms with Gasteiger partial charge in [0.2, 0.25) is 0 Å². The molecule has 1 rings (SSSR count). The maximum absolute atomic E-state index is 9.27. The van der Waals surface area contributed by atoms with Gasteiger partial charge in [0.25, 0.3) is 0 Å². The molecule has 0 saturated carbocycles. The van der Waals surface area contributed by atoms with Crippen LogP contribution in [-0.4, -0.2) is 24.3 Å². The number of hydrogen-bond donors (Lipinski definition) is 2. The van der Waals surface area contributed by atoms with Gasteiger partial charge < -0.3 is 14.8 Å². The van der Waals surface area contributed by atoms with E-state index in [4.69, 9.17) is 4.42 Å². The van der Waals surface area contributed by atoms with Crippen molar-refractivity contribution in [2.24, 2.45) is 5.41 Å². The van der Waals surface area contributed by atoms with E-state index in [1.165, 1.54) is 0 Å². The van der Waals surface area contributed by atoms with Crippen LogP contribution < -0.4 is 5.32 Å². The standard InChI is InChI=1S/C14H23NO2/c1-14(2,3)10-12(11-16)15-8-4-6-13-7-5-9-17-13/h4-7,9,12,15-16H,8,10-11H2,1-3H3/b6-4+. The van der Waals surface area contributed by atoms with E-state index in [2.05, 4.69) is 26.1 Å². The van der Waals surface area contributed by atoms with Crippen LogP contribution in [0.3, 0.4) is 0 Å². The number of aliphatic hydroxyl groups excluding tert-OH is 1. The van der Waals surface area contributed by atoms with Crippen LogP contribution in [0.25, 0.3) is 6.08 Å². The summed E-state index contributed by atoms with van der Waals surface area (Å²) in [5.74, 6) is 0.850. The summed E-state index contributed by atoms with van der Waals surface area (Å²) in [5, 5.41) is 12.6. The van der Waals surface area contributed by atoms with E-state index < -0.39 is 0 Å². The van der Waals surface area contributed by atoms with E-state index in [1.54, 1.807) is 6.26 Å². The lowest BCUT2D eigenvalue weighted by atomic mass is 9.88. The third kappa shape index (κ3) is 6.29. The van der Waals surface area contributed by atoms with Crippen molar-refractivity contribution < 1.29 is 9.52 Å². The Bertz CT molecular complexity index is 322. The van der Waals surface area contributed by atoms with E-state index in [-0.39, 0.29) is 18.1 Å². The maximum Gasteiger partial charge on any atom is 0.126 e. The summed E-state index contributed by atoms with van der Waals surface area (Å²) in [6.07, 6.45) is 6.55. The molecule has 3 heteroatoms. The van der Waals surface area contributed by atoms with Crippen molar-refractivity contribution in [3.63, 3.8) is 0 Å². The largest absolute Gasteiger partial charge is 0.465 e. The third-order valence-electron chi connectivity index (χ3n) is 2.43. The van der Waals surface area contributed by atoms with E-state index in [0.717, 1.165) is 18.7 Å². The van der Waals surface area contributed by atoms with Crippen LogP contribution in [0.4, 0.5) is 0 Å². The molecule has 0 fully saturated rings. The van der Waals surface area contributed by atoms with Crippen molar-refractivity contribution in [2.75, 3.05) is 13.2 Å². The number of hydrogen-bond acceptors (Lipinski definition) is 3. The summed E-state index contributed by atoms with van der Waals surface area (Å²) in [6, 6.07) is 3.93. The summed E-state index contributed by atoms with van der Waals surface area (Å²) >= 11 is 0. The SMILES string of the molecule is CC(C)(C)CC(CO)NC/C=C/c1ccco1. The molecule has 0 bridgehead atoms. The van der Waals surface area contributed by atoms with E-state index >= 15 is 0 Å². The zero-order valence-corrected chi connectivity index (χ0v) is 10.9. The average Bonchev–Trinajstić information content (AvgIpc) is 2.73. The fourth-order valence-electron chi connectivity index (χ4n) is 1.74. The van der Waals surface area contributed by atoms with Gasteiger partial charge in [0.15, 0.2) is 0 Å². The minimum absolute atomic E-state index is 0.149.